The van der Waals surface area contributed by atoms with E-state index >= 15 is 0 Å². The maximum Gasteiger partial charge on any atom is 0.315 e. The Hall–Kier alpha value is -2.18. The highest BCUT2D eigenvalue weighted by molar-refractivity contribution is 6.30. The zero-order chi connectivity index (χ0) is 16.7. The van der Waals surface area contributed by atoms with E-state index in [1.807, 2.05) is 0 Å². The van der Waals surface area contributed by atoms with Gasteiger partial charge in [-0.05, 0) is 37.3 Å². The molecule has 1 aromatic carbocycles. The zero-order valence-corrected chi connectivity index (χ0v) is 13.5. The molecular weight excluding hydrogens is 320 g/mol. The number of hydrogen-bond donors (Lipinski definition) is 3. The van der Waals surface area contributed by atoms with Gasteiger partial charge in [0.25, 0.3) is 0 Å². The van der Waals surface area contributed by atoms with E-state index in [0.29, 0.717) is 29.7 Å². The summed E-state index contributed by atoms with van der Waals surface area (Å²) < 4.78 is 10.6. The van der Waals surface area contributed by atoms with Crippen LogP contribution in [0.1, 0.15) is 12.7 Å². The third-order valence-electron chi connectivity index (χ3n) is 3.10. The second-order valence-corrected chi connectivity index (χ2v) is 5.60. The lowest BCUT2D eigenvalue weighted by atomic mass is 10.0. The molecule has 1 unspecified atom stereocenters. The molecule has 2 rings (SSSR count). The number of ether oxygens (including phenoxy) is 1. The molecule has 124 valence electrons. The maximum absolute atomic E-state index is 11.7. The van der Waals surface area contributed by atoms with Crippen LogP contribution in [-0.4, -0.2) is 30.8 Å². The van der Waals surface area contributed by atoms with Crippen molar-refractivity contribution < 1.29 is 19.1 Å². The van der Waals surface area contributed by atoms with Gasteiger partial charge in [-0.2, -0.15) is 0 Å². The maximum atomic E-state index is 11.7. The third kappa shape index (κ3) is 5.50. The number of benzene rings is 1. The molecule has 1 atom stereocenters. The average molecular weight is 339 g/mol. The van der Waals surface area contributed by atoms with Gasteiger partial charge in [0.15, 0.2) is 0 Å². The highest BCUT2D eigenvalue weighted by atomic mass is 35.5. The van der Waals surface area contributed by atoms with Crippen LogP contribution in [0.3, 0.4) is 0 Å². The van der Waals surface area contributed by atoms with Crippen LogP contribution in [0.25, 0.3) is 0 Å². The molecule has 0 fully saturated rings. The Morgan fingerprint density at radius 1 is 1.35 bits per heavy atom. The van der Waals surface area contributed by atoms with Crippen LogP contribution in [-0.2, 0) is 5.60 Å². The van der Waals surface area contributed by atoms with E-state index in [1.165, 1.54) is 6.26 Å². The summed E-state index contributed by atoms with van der Waals surface area (Å²) in [4.78, 5) is 11.7. The van der Waals surface area contributed by atoms with Gasteiger partial charge in [-0.25, -0.2) is 4.79 Å². The molecule has 2 aromatic rings. The lowest BCUT2D eigenvalue weighted by Gasteiger charge is -2.21. The van der Waals surface area contributed by atoms with Gasteiger partial charge in [0, 0.05) is 5.02 Å². The topological polar surface area (TPSA) is 83.7 Å². The fourth-order valence-corrected chi connectivity index (χ4v) is 2.06. The van der Waals surface area contributed by atoms with Crippen molar-refractivity contribution >= 4 is 17.6 Å². The van der Waals surface area contributed by atoms with Gasteiger partial charge in [-0.3, -0.25) is 0 Å². The van der Waals surface area contributed by atoms with Gasteiger partial charge in [0.2, 0.25) is 0 Å². The minimum absolute atomic E-state index is 0.0293. The first-order valence-corrected chi connectivity index (χ1v) is 7.51. The molecule has 0 radical (unpaired) electrons. The van der Waals surface area contributed by atoms with E-state index in [4.69, 9.17) is 20.8 Å². The van der Waals surface area contributed by atoms with Crippen LogP contribution in [0.4, 0.5) is 4.79 Å². The van der Waals surface area contributed by atoms with Crippen LogP contribution >= 0.6 is 11.6 Å². The Morgan fingerprint density at radius 2 is 2.17 bits per heavy atom. The molecule has 1 aromatic heterocycles. The summed E-state index contributed by atoms with van der Waals surface area (Å²) in [6, 6.07) is 9.95. The first kappa shape index (κ1) is 17.2. The second-order valence-electron chi connectivity index (χ2n) is 5.17. The van der Waals surface area contributed by atoms with Crippen molar-refractivity contribution in [2.24, 2.45) is 0 Å². The van der Waals surface area contributed by atoms with Gasteiger partial charge < -0.3 is 24.9 Å². The SMILES string of the molecule is CC(O)(CNC(=O)NCCOc1cccc(Cl)c1)c1ccco1. The first-order chi connectivity index (χ1) is 11.0. The van der Waals surface area contributed by atoms with Crippen LogP contribution < -0.4 is 15.4 Å². The van der Waals surface area contributed by atoms with Crippen molar-refractivity contribution in [3.05, 3.63) is 53.4 Å². The Labute approximate surface area is 139 Å². The number of furan rings is 1. The zero-order valence-electron chi connectivity index (χ0n) is 12.7. The largest absolute Gasteiger partial charge is 0.492 e. The van der Waals surface area contributed by atoms with E-state index in [9.17, 15) is 9.90 Å². The minimum Gasteiger partial charge on any atom is -0.492 e. The molecule has 0 bridgehead atoms. The molecule has 0 saturated heterocycles. The van der Waals surface area contributed by atoms with Crippen molar-refractivity contribution in [1.82, 2.24) is 10.6 Å². The minimum atomic E-state index is -1.27. The molecule has 7 heteroatoms. The summed E-state index contributed by atoms with van der Waals surface area (Å²) in [5.41, 5.74) is -1.27. The molecule has 3 N–H and O–H groups in total. The highest BCUT2D eigenvalue weighted by Gasteiger charge is 2.26. The molecule has 6 nitrogen and oxygen atoms in total. The van der Waals surface area contributed by atoms with Gasteiger partial charge in [0.05, 0.1) is 19.4 Å². The first-order valence-electron chi connectivity index (χ1n) is 7.14. The van der Waals surface area contributed by atoms with E-state index in [2.05, 4.69) is 10.6 Å². The van der Waals surface area contributed by atoms with Crippen molar-refractivity contribution in [1.29, 1.82) is 0 Å². The Balaban J connectivity index is 1.65. The molecule has 0 aliphatic rings. The Bertz CT molecular complexity index is 629. The Kier molecular flexibility index (Phi) is 5.90. The summed E-state index contributed by atoms with van der Waals surface area (Å²) in [5.74, 6) is 1.03. The van der Waals surface area contributed by atoms with Gasteiger partial charge >= 0.3 is 6.03 Å². The van der Waals surface area contributed by atoms with E-state index in [1.54, 1.807) is 43.3 Å². The number of carbonyl (C=O) groups is 1. The van der Waals surface area contributed by atoms with Gasteiger partial charge in [0.1, 0.15) is 23.7 Å². The molecule has 0 aliphatic heterocycles. The quantitative estimate of drug-likeness (QED) is 0.677. The molecule has 23 heavy (non-hydrogen) atoms. The summed E-state index contributed by atoms with van der Waals surface area (Å²) in [5, 5.41) is 16.0. The Morgan fingerprint density at radius 3 is 2.87 bits per heavy atom. The number of halogens is 1. The predicted octanol–water partition coefficient (Wildman–Crippen LogP) is 2.52. The number of hydrogen-bond acceptors (Lipinski definition) is 4. The molecule has 0 spiro atoms. The normalized spacial score (nSPS) is 13.2. The fourth-order valence-electron chi connectivity index (χ4n) is 1.88. The summed E-state index contributed by atoms with van der Waals surface area (Å²) >= 11 is 5.84. The fraction of sp³-hybridized carbons (Fsp3) is 0.312. The molecule has 0 aliphatic carbocycles. The van der Waals surface area contributed by atoms with Crippen molar-refractivity contribution in [2.75, 3.05) is 19.7 Å². The van der Waals surface area contributed by atoms with E-state index in [-0.39, 0.29) is 6.54 Å². The van der Waals surface area contributed by atoms with Crippen LogP contribution in [0.2, 0.25) is 5.02 Å². The number of aliphatic hydroxyl groups is 1. The number of urea groups is 1. The molecule has 1 heterocycles. The number of nitrogens with one attached hydrogen (secondary N) is 2. The van der Waals surface area contributed by atoms with Crippen molar-refractivity contribution in [2.45, 2.75) is 12.5 Å². The summed E-state index contributed by atoms with van der Waals surface area (Å²) in [7, 11) is 0. The average Bonchev–Trinajstić information content (AvgIpc) is 3.05. The number of rotatable bonds is 7. The molecular formula is C16H19ClN2O4. The predicted molar refractivity (Wildman–Crippen MR) is 86.6 cm³/mol. The third-order valence-corrected chi connectivity index (χ3v) is 3.33. The monoisotopic (exact) mass is 338 g/mol. The van der Waals surface area contributed by atoms with E-state index < -0.39 is 11.6 Å². The van der Waals surface area contributed by atoms with Crippen molar-refractivity contribution in [3.63, 3.8) is 0 Å². The lowest BCUT2D eigenvalue weighted by Crippen LogP contribution is -2.44. The molecule has 0 saturated carbocycles. The van der Waals surface area contributed by atoms with Crippen LogP contribution in [0, 0.1) is 0 Å². The van der Waals surface area contributed by atoms with Crippen LogP contribution in [0.5, 0.6) is 5.75 Å². The van der Waals surface area contributed by atoms with E-state index in [0.717, 1.165) is 0 Å². The highest BCUT2D eigenvalue weighted by Crippen LogP contribution is 2.19. The standard InChI is InChI=1S/C16H19ClN2O4/c1-16(21,14-6-3-8-23-14)11-19-15(20)18-7-9-22-13-5-2-4-12(17)10-13/h2-6,8,10,21H,7,9,11H2,1H3,(H2,18,19,20). The van der Waals surface area contributed by atoms with Crippen LogP contribution in [0.15, 0.2) is 47.1 Å². The van der Waals surface area contributed by atoms with Crippen molar-refractivity contribution in [3.8, 4) is 5.75 Å². The molecule has 2 amide bonds. The lowest BCUT2D eigenvalue weighted by molar-refractivity contribution is 0.0367. The summed E-state index contributed by atoms with van der Waals surface area (Å²) in [6.45, 7) is 2.22. The second kappa shape index (κ2) is 7.89. The van der Waals surface area contributed by atoms with Gasteiger partial charge in [-0.15, -0.1) is 0 Å². The van der Waals surface area contributed by atoms with Gasteiger partial charge in [-0.1, -0.05) is 17.7 Å². The summed E-state index contributed by atoms with van der Waals surface area (Å²) in [6.07, 6.45) is 1.47. The smallest absolute Gasteiger partial charge is 0.315 e. The number of amides is 2. The number of carbonyl (C=O) groups excluding carboxylic acids is 1.